The number of carboxylic acids is 1. The fraction of sp³-hybridized carbons (Fsp3) is 0.273. The molecule has 4 nitrogen and oxygen atoms in total. The molecule has 1 N–H and O–H groups in total. The van der Waals surface area contributed by atoms with Gasteiger partial charge in [0.25, 0.3) is 0 Å². The van der Waals surface area contributed by atoms with Crippen LogP contribution in [0.15, 0.2) is 18.2 Å². The van der Waals surface area contributed by atoms with Crippen LogP contribution >= 0.6 is 0 Å². The number of carbonyl (C=O) groups is 2. The average Bonchev–Trinajstić information content (AvgIpc) is 2.16. The van der Waals surface area contributed by atoms with Crippen LogP contribution in [0.5, 0.6) is 5.75 Å². The molecule has 0 spiro atoms. The molecule has 78 valence electrons. The molecule has 0 aromatic heterocycles. The van der Waals surface area contributed by atoms with Crippen LogP contribution in [0.25, 0.3) is 0 Å². The molecule has 1 aromatic carbocycles. The van der Waals surface area contributed by atoms with Crippen molar-refractivity contribution in [3.8, 4) is 5.75 Å². The Labute approximate surface area is 86.5 Å². The van der Waals surface area contributed by atoms with Crippen molar-refractivity contribution < 1.29 is 19.4 Å². The van der Waals surface area contributed by atoms with Gasteiger partial charge in [0.1, 0.15) is 11.9 Å². The largest absolute Gasteiger partial charge is 0.489 e. The molecule has 2 rings (SSSR count). The Kier molecular flexibility index (Phi) is 2.19. The normalized spacial score (nSPS) is 19.3. The van der Waals surface area contributed by atoms with E-state index in [1.807, 2.05) is 0 Å². The van der Waals surface area contributed by atoms with Gasteiger partial charge in [0.2, 0.25) is 0 Å². The number of hydrogen-bond acceptors (Lipinski definition) is 3. The summed E-state index contributed by atoms with van der Waals surface area (Å²) >= 11 is 0. The average molecular weight is 206 g/mol. The highest BCUT2D eigenvalue weighted by molar-refractivity contribution is 6.01. The Balaban J connectivity index is 2.48. The van der Waals surface area contributed by atoms with Crippen molar-refractivity contribution >= 4 is 11.8 Å². The van der Waals surface area contributed by atoms with E-state index in [1.165, 1.54) is 18.2 Å². The molecule has 0 radical (unpaired) electrons. The zero-order chi connectivity index (χ0) is 11.0. The fourth-order valence-electron chi connectivity index (χ4n) is 1.61. The van der Waals surface area contributed by atoms with E-state index >= 15 is 0 Å². The molecule has 1 aliphatic heterocycles. The Morgan fingerprint density at radius 1 is 1.53 bits per heavy atom. The van der Waals surface area contributed by atoms with Crippen LogP contribution in [0.3, 0.4) is 0 Å². The number of ether oxygens (including phenoxy) is 1. The Hall–Kier alpha value is -1.84. The monoisotopic (exact) mass is 206 g/mol. The smallest absolute Gasteiger partial charge is 0.335 e. The highest BCUT2D eigenvalue weighted by Gasteiger charge is 2.24. The van der Waals surface area contributed by atoms with Crippen LogP contribution in [0.4, 0.5) is 0 Å². The number of fused-ring (bicyclic) bond motifs is 1. The second-order valence-electron chi connectivity index (χ2n) is 3.57. The third kappa shape index (κ3) is 1.70. The summed E-state index contributed by atoms with van der Waals surface area (Å²) in [4.78, 5) is 22.3. The van der Waals surface area contributed by atoms with Crippen molar-refractivity contribution in [2.45, 2.75) is 19.4 Å². The van der Waals surface area contributed by atoms with Gasteiger partial charge >= 0.3 is 5.97 Å². The van der Waals surface area contributed by atoms with E-state index in [9.17, 15) is 9.59 Å². The maximum Gasteiger partial charge on any atom is 0.335 e. The van der Waals surface area contributed by atoms with E-state index < -0.39 is 5.97 Å². The first-order valence-corrected chi connectivity index (χ1v) is 4.65. The summed E-state index contributed by atoms with van der Waals surface area (Å²) in [5.74, 6) is -0.647. The predicted molar refractivity (Wildman–Crippen MR) is 52.4 cm³/mol. The summed E-state index contributed by atoms with van der Waals surface area (Å²) < 4.78 is 5.41. The molecule has 0 fully saturated rings. The highest BCUT2D eigenvalue weighted by Crippen LogP contribution is 2.28. The van der Waals surface area contributed by atoms with Gasteiger partial charge in [-0.15, -0.1) is 0 Å². The minimum Gasteiger partial charge on any atom is -0.489 e. The number of Topliss-reactive ketones (excluding diaryl/α,β-unsaturated/α-hetero) is 1. The van der Waals surface area contributed by atoms with E-state index in [0.29, 0.717) is 17.7 Å². The molecule has 1 heterocycles. The van der Waals surface area contributed by atoms with Gasteiger partial charge in [-0.25, -0.2) is 4.79 Å². The zero-order valence-electron chi connectivity index (χ0n) is 8.19. The first kappa shape index (κ1) is 9.71. The number of carboxylic acid groups (broad SMARTS) is 1. The first-order chi connectivity index (χ1) is 7.08. The van der Waals surface area contributed by atoms with Gasteiger partial charge < -0.3 is 9.84 Å². The lowest BCUT2D eigenvalue weighted by Crippen LogP contribution is -2.24. The van der Waals surface area contributed by atoms with Crippen LogP contribution in [0, 0.1) is 0 Å². The summed E-state index contributed by atoms with van der Waals surface area (Å²) in [7, 11) is 0. The third-order valence-electron chi connectivity index (χ3n) is 2.33. The van der Waals surface area contributed by atoms with Crippen molar-refractivity contribution in [3.05, 3.63) is 29.3 Å². The standard InChI is InChI=1S/C11H10O4/c1-6-4-9(12)8-3-2-7(11(13)14)5-10(8)15-6/h2-3,5-6H,4H2,1H3,(H,13,14). The highest BCUT2D eigenvalue weighted by atomic mass is 16.5. The minimum absolute atomic E-state index is 0.000638. The lowest BCUT2D eigenvalue weighted by molar-refractivity contribution is 0.0693. The maximum atomic E-state index is 11.5. The van der Waals surface area contributed by atoms with Gasteiger partial charge in [-0.3, -0.25) is 4.79 Å². The minimum atomic E-state index is -1.02. The van der Waals surface area contributed by atoms with Gasteiger partial charge in [0, 0.05) is 6.42 Å². The number of hydrogen-bond donors (Lipinski definition) is 1. The van der Waals surface area contributed by atoms with Crippen molar-refractivity contribution in [2.75, 3.05) is 0 Å². The first-order valence-electron chi connectivity index (χ1n) is 4.65. The predicted octanol–water partition coefficient (Wildman–Crippen LogP) is 1.74. The second-order valence-corrected chi connectivity index (χ2v) is 3.57. The Morgan fingerprint density at radius 3 is 2.93 bits per heavy atom. The summed E-state index contributed by atoms with van der Waals surface area (Å²) in [6.07, 6.45) is 0.161. The summed E-state index contributed by atoms with van der Waals surface area (Å²) in [6, 6.07) is 4.32. The van der Waals surface area contributed by atoms with E-state index in [2.05, 4.69) is 0 Å². The number of ketones is 1. The molecular weight excluding hydrogens is 196 g/mol. The molecule has 0 bridgehead atoms. The quantitative estimate of drug-likeness (QED) is 0.760. The molecule has 15 heavy (non-hydrogen) atoms. The molecular formula is C11H10O4. The van der Waals surface area contributed by atoms with E-state index in [0.717, 1.165) is 0 Å². The number of rotatable bonds is 1. The zero-order valence-corrected chi connectivity index (χ0v) is 8.19. The van der Waals surface area contributed by atoms with Crippen molar-refractivity contribution in [1.29, 1.82) is 0 Å². The van der Waals surface area contributed by atoms with Crippen LogP contribution in [-0.4, -0.2) is 23.0 Å². The topological polar surface area (TPSA) is 63.6 Å². The second kappa shape index (κ2) is 3.38. The molecule has 0 amide bonds. The summed E-state index contributed by atoms with van der Waals surface area (Å²) in [6.45, 7) is 1.79. The Morgan fingerprint density at radius 2 is 2.27 bits per heavy atom. The third-order valence-corrected chi connectivity index (χ3v) is 2.33. The lowest BCUT2D eigenvalue weighted by atomic mass is 10.00. The molecule has 4 heteroatoms. The van der Waals surface area contributed by atoms with Gasteiger partial charge in [0.05, 0.1) is 11.1 Å². The van der Waals surface area contributed by atoms with Crippen LogP contribution in [-0.2, 0) is 0 Å². The molecule has 1 aliphatic rings. The summed E-state index contributed by atoms with van der Waals surface area (Å²) in [5, 5.41) is 8.78. The molecule has 0 saturated heterocycles. The molecule has 1 aromatic rings. The van der Waals surface area contributed by atoms with Crippen LogP contribution in [0.1, 0.15) is 34.1 Å². The van der Waals surface area contributed by atoms with E-state index in [1.54, 1.807) is 6.92 Å². The lowest BCUT2D eigenvalue weighted by Gasteiger charge is -2.22. The number of carbonyl (C=O) groups excluding carboxylic acids is 1. The number of benzene rings is 1. The molecule has 0 aliphatic carbocycles. The molecule has 1 unspecified atom stereocenters. The van der Waals surface area contributed by atoms with Crippen molar-refractivity contribution in [1.82, 2.24) is 0 Å². The van der Waals surface area contributed by atoms with Crippen LogP contribution in [0.2, 0.25) is 0 Å². The molecule has 0 saturated carbocycles. The van der Waals surface area contributed by atoms with Crippen LogP contribution < -0.4 is 4.74 Å². The van der Waals surface area contributed by atoms with E-state index in [4.69, 9.17) is 9.84 Å². The van der Waals surface area contributed by atoms with Crippen molar-refractivity contribution in [2.24, 2.45) is 0 Å². The Bertz CT molecular complexity index is 436. The summed E-state index contributed by atoms with van der Waals surface area (Å²) in [5.41, 5.74) is 0.605. The number of aromatic carboxylic acids is 1. The van der Waals surface area contributed by atoms with Crippen molar-refractivity contribution in [3.63, 3.8) is 0 Å². The molecule has 1 atom stereocenters. The van der Waals surface area contributed by atoms with E-state index in [-0.39, 0.29) is 17.5 Å². The van der Waals surface area contributed by atoms with Gasteiger partial charge in [-0.05, 0) is 25.1 Å². The fourth-order valence-corrected chi connectivity index (χ4v) is 1.61. The SMILES string of the molecule is CC1CC(=O)c2ccc(C(=O)O)cc2O1. The van der Waals surface area contributed by atoms with Gasteiger partial charge in [-0.2, -0.15) is 0 Å². The maximum absolute atomic E-state index is 11.5. The van der Waals surface area contributed by atoms with Gasteiger partial charge in [0.15, 0.2) is 5.78 Å². The van der Waals surface area contributed by atoms with Gasteiger partial charge in [-0.1, -0.05) is 0 Å².